The van der Waals surface area contributed by atoms with Crippen LogP contribution >= 0.6 is 0 Å². The topological polar surface area (TPSA) is 70.5 Å². The van der Waals surface area contributed by atoms with Crippen LogP contribution in [0.2, 0.25) is 0 Å². The van der Waals surface area contributed by atoms with Gasteiger partial charge in [-0.15, -0.1) is 0 Å². The fourth-order valence-corrected chi connectivity index (χ4v) is 5.17. The average Bonchev–Trinajstić information content (AvgIpc) is 2.80. The lowest BCUT2D eigenvalue weighted by atomic mass is 9.50. The number of rotatable bonds is 1. The smallest absolute Gasteiger partial charge is 0.151 e. The molecule has 2 aromatic carbocycles. The molecule has 2 aromatic rings. The third kappa shape index (κ3) is 1.66. The van der Waals surface area contributed by atoms with E-state index in [1.54, 1.807) is 0 Å². The zero-order chi connectivity index (χ0) is 19.1. The van der Waals surface area contributed by atoms with Gasteiger partial charge < -0.3 is 20.9 Å². The highest BCUT2D eigenvalue weighted by Gasteiger charge is 2.67. The lowest BCUT2D eigenvalue weighted by Crippen LogP contribution is -2.56. The van der Waals surface area contributed by atoms with Gasteiger partial charge in [0.05, 0.1) is 17.6 Å². The predicted molar refractivity (Wildman–Crippen MR) is 110 cm³/mol. The molecule has 0 fully saturated rings. The van der Waals surface area contributed by atoms with E-state index in [1.165, 1.54) is 11.1 Å². The quantitative estimate of drug-likeness (QED) is 0.709. The van der Waals surface area contributed by atoms with Gasteiger partial charge >= 0.3 is 0 Å². The van der Waals surface area contributed by atoms with E-state index < -0.39 is 5.60 Å². The van der Waals surface area contributed by atoms with Crippen molar-refractivity contribution >= 4 is 11.4 Å². The Morgan fingerprint density at radius 2 is 1.46 bits per heavy atom. The highest BCUT2D eigenvalue weighted by molar-refractivity contribution is 5.68. The summed E-state index contributed by atoms with van der Waals surface area (Å²) in [7, 11) is 0. The number of benzene rings is 2. The van der Waals surface area contributed by atoms with E-state index in [1.807, 2.05) is 30.5 Å². The van der Waals surface area contributed by atoms with Crippen LogP contribution in [0.3, 0.4) is 0 Å². The summed E-state index contributed by atoms with van der Waals surface area (Å²) < 4.78 is 12.7. The molecule has 28 heavy (non-hydrogen) atoms. The van der Waals surface area contributed by atoms with Crippen molar-refractivity contribution in [3.05, 3.63) is 95.3 Å². The second kappa shape index (κ2) is 4.90. The minimum Gasteiger partial charge on any atom is -0.488 e. The molecule has 0 radical (unpaired) electrons. The largest absolute Gasteiger partial charge is 0.488 e. The summed E-state index contributed by atoms with van der Waals surface area (Å²) >= 11 is 0. The van der Waals surface area contributed by atoms with Gasteiger partial charge in [-0.2, -0.15) is 0 Å². The Bertz CT molecular complexity index is 1120. The number of allylic oxidation sites excluding steroid dienone is 4. The lowest BCUT2D eigenvalue weighted by molar-refractivity contribution is -0.0156. The van der Waals surface area contributed by atoms with E-state index in [0.29, 0.717) is 11.4 Å². The fourth-order valence-electron chi connectivity index (χ4n) is 5.17. The van der Waals surface area contributed by atoms with E-state index in [4.69, 9.17) is 20.9 Å². The van der Waals surface area contributed by atoms with Gasteiger partial charge in [0.2, 0.25) is 0 Å². The highest BCUT2D eigenvalue weighted by Crippen LogP contribution is 2.68. The van der Waals surface area contributed by atoms with Gasteiger partial charge in [-0.3, -0.25) is 0 Å². The molecule has 6 rings (SSSR count). The number of hydrogen-bond donors (Lipinski definition) is 2. The first-order valence-corrected chi connectivity index (χ1v) is 9.46. The van der Waals surface area contributed by atoms with Crippen LogP contribution in [0.4, 0.5) is 11.4 Å². The maximum atomic E-state index is 6.48. The summed E-state index contributed by atoms with van der Waals surface area (Å²) in [5, 5.41) is 0. The van der Waals surface area contributed by atoms with Crippen molar-refractivity contribution in [1.82, 2.24) is 0 Å². The second-order valence-corrected chi connectivity index (χ2v) is 8.06. The van der Waals surface area contributed by atoms with Gasteiger partial charge in [0.25, 0.3) is 0 Å². The molecule has 4 heteroatoms. The van der Waals surface area contributed by atoms with Gasteiger partial charge in [0.15, 0.2) is 5.60 Å². The van der Waals surface area contributed by atoms with Crippen LogP contribution < -0.4 is 16.2 Å². The number of hydrogen-bond acceptors (Lipinski definition) is 4. The van der Waals surface area contributed by atoms with Crippen LogP contribution in [0.15, 0.2) is 84.2 Å². The zero-order valence-electron chi connectivity index (χ0n) is 15.5. The molecule has 0 aromatic heterocycles. The number of nitrogens with two attached hydrogens (primary N) is 2. The third-order valence-corrected chi connectivity index (χ3v) is 6.70. The van der Waals surface area contributed by atoms with Crippen molar-refractivity contribution in [3.63, 3.8) is 0 Å². The highest BCUT2D eigenvalue weighted by atomic mass is 16.5. The number of anilines is 2. The van der Waals surface area contributed by atoms with E-state index in [0.717, 1.165) is 22.6 Å². The van der Waals surface area contributed by atoms with Crippen LogP contribution in [-0.4, -0.2) is 5.60 Å². The first-order valence-electron chi connectivity index (χ1n) is 9.46. The first kappa shape index (κ1) is 15.6. The maximum absolute atomic E-state index is 6.48. The molecule has 2 unspecified atom stereocenters. The van der Waals surface area contributed by atoms with Crippen LogP contribution in [0.25, 0.3) is 0 Å². The van der Waals surface area contributed by atoms with Gasteiger partial charge in [-0.05, 0) is 30.7 Å². The molecule has 0 spiro atoms. The van der Waals surface area contributed by atoms with Gasteiger partial charge in [-0.25, -0.2) is 0 Å². The van der Waals surface area contributed by atoms with Crippen molar-refractivity contribution in [2.24, 2.45) is 5.41 Å². The Kier molecular flexibility index (Phi) is 2.74. The van der Waals surface area contributed by atoms with Crippen LogP contribution in [0, 0.1) is 5.41 Å². The molecule has 138 valence electrons. The summed E-state index contributed by atoms with van der Waals surface area (Å²) in [4.78, 5) is 0. The van der Waals surface area contributed by atoms with Crippen molar-refractivity contribution in [2.45, 2.75) is 18.4 Å². The molecule has 2 aliphatic carbocycles. The van der Waals surface area contributed by atoms with Crippen molar-refractivity contribution < 1.29 is 9.47 Å². The number of fused-ring (bicyclic) bond motifs is 2. The van der Waals surface area contributed by atoms with E-state index in [2.05, 4.69) is 49.4 Å². The minimum absolute atomic E-state index is 0.0325. The first-order chi connectivity index (χ1) is 13.5. The van der Waals surface area contributed by atoms with Crippen molar-refractivity contribution in [2.75, 3.05) is 11.5 Å². The molecule has 0 saturated carbocycles. The standard InChI is InChI=1S/C24H20N2O2/c1-23-14-4-2-3-5-15(23)13-27-24(23,12-14)22-18-8-6-16(25)10-20(18)28-21-11-17(26)7-9-19(21)22/h2-13,22H,25-26H2,1H3. The summed E-state index contributed by atoms with van der Waals surface area (Å²) in [6.45, 7) is 2.27. The zero-order valence-corrected chi connectivity index (χ0v) is 15.5. The molecule has 2 atom stereocenters. The lowest BCUT2D eigenvalue weighted by Gasteiger charge is -2.55. The molecule has 4 N–H and O–H groups in total. The van der Waals surface area contributed by atoms with Gasteiger partial charge in [-0.1, -0.05) is 36.4 Å². The van der Waals surface area contributed by atoms with E-state index in [9.17, 15) is 0 Å². The molecule has 0 bridgehead atoms. The average molecular weight is 368 g/mol. The Morgan fingerprint density at radius 1 is 0.857 bits per heavy atom. The normalized spacial score (nSPS) is 28.6. The summed E-state index contributed by atoms with van der Waals surface area (Å²) in [5.74, 6) is 1.49. The Hall–Kier alpha value is -3.40. The molecule has 4 aliphatic rings. The third-order valence-electron chi connectivity index (χ3n) is 6.70. The SMILES string of the molecule is CC12C3=COC1(C1c4ccc(N)cc4Oc4cc(N)ccc41)C=C2C=CC=C3. The molecule has 4 nitrogen and oxygen atoms in total. The van der Waals surface area contributed by atoms with Crippen LogP contribution in [0.1, 0.15) is 24.0 Å². The van der Waals surface area contributed by atoms with Crippen molar-refractivity contribution in [1.29, 1.82) is 0 Å². The Balaban J connectivity index is 1.63. The summed E-state index contributed by atoms with van der Waals surface area (Å²) in [6.07, 6.45) is 12.7. The van der Waals surface area contributed by atoms with Gasteiger partial charge in [0, 0.05) is 40.2 Å². The van der Waals surface area contributed by atoms with E-state index >= 15 is 0 Å². The summed E-state index contributed by atoms with van der Waals surface area (Å²) in [6, 6.07) is 11.7. The Labute approximate surface area is 163 Å². The molecular formula is C24H20N2O2. The van der Waals surface area contributed by atoms with Gasteiger partial charge in [0.1, 0.15) is 11.5 Å². The summed E-state index contributed by atoms with van der Waals surface area (Å²) in [5.41, 5.74) is 17.3. The predicted octanol–water partition coefficient (Wildman–Crippen LogP) is 4.81. The van der Waals surface area contributed by atoms with Crippen LogP contribution in [-0.2, 0) is 4.74 Å². The van der Waals surface area contributed by atoms with Crippen LogP contribution in [0.5, 0.6) is 11.5 Å². The fraction of sp³-hybridized carbons (Fsp3) is 0.167. The molecule has 2 aliphatic heterocycles. The minimum atomic E-state index is -0.518. The van der Waals surface area contributed by atoms with E-state index in [-0.39, 0.29) is 11.3 Å². The molecule has 2 heterocycles. The van der Waals surface area contributed by atoms with Crippen molar-refractivity contribution in [3.8, 4) is 11.5 Å². The Morgan fingerprint density at radius 3 is 2.11 bits per heavy atom. The monoisotopic (exact) mass is 368 g/mol. The molecular weight excluding hydrogens is 348 g/mol. The number of nitrogen functional groups attached to an aromatic ring is 2. The number of ether oxygens (including phenoxy) is 2. The second-order valence-electron chi connectivity index (χ2n) is 8.06. The molecule has 0 amide bonds. The maximum Gasteiger partial charge on any atom is 0.151 e. The molecule has 0 saturated heterocycles.